The quantitative estimate of drug-likeness (QED) is 0.289. The van der Waals surface area contributed by atoms with Crippen LogP contribution in [0.1, 0.15) is 36.8 Å². The Bertz CT molecular complexity index is 1460. The molecule has 0 spiro atoms. The van der Waals surface area contributed by atoms with Crippen molar-refractivity contribution in [2.45, 2.75) is 50.6 Å². The number of nitrogens with zero attached hydrogens (tertiary/aromatic N) is 4. The molecule has 7 nitrogen and oxygen atoms in total. The van der Waals surface area contributed by atoms with Gasteiger partial charge in [-0.3, -0.25) is 4.57 Å². The lowest BCUT2D eigenvalue weighted by molar-refractivity contribution is -0.137. The number of rotatable bonds is 8. The zero-order chi connectivity index (χ0) is 29.5. The second kappa shape index (κ2) is 11.5. The summed E-state index contributed by atoms with van der Waals surface area (Å²) in [6, 6.07) is 7.21. The van der Waals surface area contributed by atoms with Crippen molar-refractivity contribution in [3.8, 4) is 17.4 Å². The van der Waals surface area contributed by atoms with Gasteiger partial charge >= 0.3 is 11.9 Å². The van der Waals surface area contributed by atoms with Gasteiger partial charge in [0.2, 0.25) is 5.88 Å². The Labute approximate surface area is 238 Å². The van der Waals surface area contributed by atoms with E-state index < -0.39 is 45.6 Å². The molecule has 0 unspecified atom stereocenters. The monoisotopic (exact) mass is 598 g/mol. The number of piperidine rings is 1. The SMILES string of the molecule is CN(C1CC1)C1CCN(c2cc(OCc3cc(F)c(Oc4ccc(Cl)c(C(F)(F)F)c4)c(F)c3)nc(=O)n2C)CC1. The van der Waals surface area contributed by atoms with Crippen LogP contribution in [0.4, 0.5) is 27.8 Å². The molecule has 1 saturated carbocycles. The summed E-state index contributed by atoms with van der Waals surface area (Å²) in [4.78, 5) is 21.0. The lowest BCUT2D eigenvalue weighted by atomic mass is 10.0. The molecule has 1 saturated heterocycles. The van der Waals surface area contributed by atoms with Crippen LogP contribution in [0.2, 0.25) is 5.02 Å². The van der Waals surface area contributed by atoms with E-state index in [4.69, 9.17) is 21.1 Å². The van der Waals surface area contributed by atoms with Gasteiger partial charge in [-0.2, -0.15) is 18.2 Å². The number of anilines is 1. The summed E-state index contributed by atoms with van der Waals surface area (Å²) < 4.78 is 81.0. The van der Waals surface area contributed by atoms with E-state index in [1.807, 2.05) is 0 Å². The molecular weight excluding hydrogens is 571 g/mol. The van der Waals surface area contributed by atoms with Gasteiger partial charge in [-0.1, -0.05) is 11.6 Å². The number of halogens is 6. The highest BCUT2D eigenvalue weighted by atomic mass is 35.5. The summed E-state index contributed by atoms with van der Waals surface area (Å²) in [5.41, 5.74) is -1.66. The number of aromatic nitrogens is 2. The maximum Gasteiger partial charge on any atom is 0.417 e. The van der Waals surface area contributed by atoms with Crippen LogP contribution in [0.15, 0.2) is 41.2 Å². The van der Waals surface area contributed by atoms with Crippen molar-refractivity contribution in [2.24, 2.45) is 7.05 Å². The molecule has 5 rings (SSSR count). The molecule has 2 heterocycles. The average Bonchev–Trinajstić information content (AvgIpc) is 3.77. The Morgan fingerprint density at radius 2 is 1.66 bits per heavy atom. The van der Waals surface area contributed by atoms with Gasteiger partial charge in [0, 0.05) is 38.3 Å². The smallest absolute Gasteiger partial charge is 0.417 e. The summed E-state index contributed by atoms with van der Waals surface area (Å²) in [6.45, 7) is 1.20. The number of alkyl halides is 3. The standard InChI is InChI=1S/C28H28ClF5N4O3/c1-36(17-3-4-17)18-7-9-38(10-8-18)25-14-24(35-27(39)37(25)2)40-15-16-11-22(30)26(23(31)12-16)41-19-5-6-21(29)20(13-19)28(32,33)34/h5-6,11-14,17-18H,3-4,7-10,15H2,1-2H3. The van der Waals surface area contributed by atoms with E-state index in [2.05, 4.69) is 21.8 Å². The Morgan fingerprint density at radius 1 is 1.02 bits per heavy atom. The molecule has 0 atom stereocenters. The molecule has 2 aliphatic rings. The van der Waals surface area contributed by atoms with E-state index in [9.17, 15) is 26.7 Å². The van der Waals surface area contributed by atoms with Crippen LogP contribution in [0.3, 0.4) is 0 Å². The lowest BCUT2D eigenvalue weighted by Crippen LogP contribution is -2.45. The van der Waals surface area contributed by atoms with Gasteiger partial charge < -0.3 is 19.3 Å². The zero-order valence-corrected chi connectivity index (χ0v) is 23.1. The third-order valence-electron chi connectivity index (χ3n) is 7.48. The fourth-order valence-corrected chi connectivity index (χ4v) is 5.24. The molecule has 0 N–H and O–H groups in total. The van der Waals surface area contributed by atoms with E-state index in [0.29, 0.717) is 24.0 Å². The summed E-state index contributed by atoms with van der Waals surface area (Å²) in [5.74, 6) is -2.98. The minimum Gasteiger partial charge on any atom is -0.473 e. The first-order valence-electron chi connectivity index (χ1n) is 13.1. The van der Waals surface area contributed by atoms with Gasteiger partial charge in [0.1, 0.15) is 18.2 Å². The van der Waals surface area contributed by atoms with Crippen molar-refractivity contribution in [3.63, 3.8) is 0 Å². The first-order chi connectivity index (χ1) is 19.4. The predicted octanol–water partition coefficient (Wildman–Crippen LogP) is 6.17. The maximum atomic E-state index is 14.8. The zero-order valence-electron chi connectivity index (χ0n) is 22.3. The topological polar surface area (TPSA) is 59.8 Å². The first kappa shape index (κ1) is 29.1. The van der Waals surface area contributed by atoms with Crippen molar-refractivity contribution in [2.75, 3.05) is 25.0 Å². The highest BCUT2D eigenvalue weighted by Crippen LogP contribution is 2.38. The van der Waals surface area contributed by atoms with Gasteiger partial charge in [-0.05, 0) is 68.6 Å². The van der Waals surface area contributed by atoms with Crippen LogP contribution in [0.25, 0.3) is 0 Å². The van der Waals surface area contributed by atoms with Gasteiger partial charge in [-0.25, -0.2) is 13.6 Å². The highest BCUT2D eigenvalue weighted by Gasteiger charge is 2.34. The number of benzene rings is 2. The molecule has 2 fully saturated rings. The second-order valence-corrected chi connectivity index (χ2v) is 10.7. The number of hydrogen-bond donors (Lipinski definition) is 0. The van der Waals surface area contributed by atoms with Crippen molar-refractivity contribution < 1.29 is 31.4 Å². The molecule has 3 aromatic rings. The predicted molar refractivity (Wildman–Crippen MR) is 143 cm³/mol. The van der Waals surface area contributed by atoms with E-state index in [0.717, 1.165) is 50.2 Å². The molecule has 0 bridgehead atoms. The Kier molecular flexibility index (Phi) is 8.15. The van der Waals surface area contributed by atoms with E-state index in [1.165, 1.54) is 17.4 Å². The third-order valence-corrected chi connectivity index (χ3v) is 7.81. The molecule has 1 aliphatic heterocycles. The minimum absolute atomic E-state index is 0.00214. The van der Waals surface area contributed by atoms with Crippen molar-refractivity contribution in [3.05, 3.63) is 74.7 Å². The largest absolute Gasteiger partial charge is 0.473 e. The van der Waals surface area contributed by atoms with Crippen molar-refractivity contribution >= 4 is 17.4 Å². The van der Waals surface area contributed by atoms with Crippen molar-refractivity contribution in [1.82, 2.24) is 14.5 Å². The van der Waals surface area contributed by atoms with Gasteiger partial charge in [-0.15, -0.1) is 0 Å². The first-order valence-corrected chi connectivity index (χ1v) is 13.5. The fraction of sp³-hybridized carbons (Fsp3) is 0.429. The van der Waals surface area contributed by atoms with Crippen LogP contribution < -0.4 is 20.1 Å². The molecule has 1 aliphatic carbocycles. The Hall–Kier alpha value is -3.38. The molecule has 0 amide bonds. The lowest BCUT2D eigenvalue weighted by Gasteiger charge is -2.38. The maximum absolute atomic E-state index is 14.8. The Morgan fingerprint density at radius 3 is 2.27 bits per heavy atom. The summed E-state index contributed by atoms with van der Waals surface area (Å²) in [7, 11) is 3.79. The minimum atomic E-state index is -4.77. The molecule has 220 valence electrons. The summed E-state index contributed by atoms with van der Waals surface area (Å²) >= 11 is 5.59. The van der Waals surface area contributed by atoms with Gasteiger partial charge in [0.05, 0.1) is 10.6 Å². The molecule has 2 aromatic carbocycles. The molecule has 0 radical (unpaired) electrons. The van der Waals surface area contributed by atoms with E-state index >= 15 is 0 Å². The van der Waals surface area contributed by atoms with Crippen LogP contribution in [0, 0.1) is 11.6 Å². The van der Waals surface area contributed by atoms with Crippen LogP contribution in [0.5, 0.6) is 17.4 Å². The molecule has 13 heteroatoms. The molecule has 1 aromatic heterocycles. The van der Waals surface area contributed by atoms with Crippen LogP contribution in [-0.2, 0) is 19.8 Å². The van der Waals surface area contributed by atoms with Gasteiger partial charge in [0.25, 0.3) is 0 Å². The van der Waals surface area contributed by atoms with E-state index in [1.54, 1.807) is 13.1 Å². The van der Waals surface area contributed by atoms with Crippen LogP contribution >= 0.6 is 11.6 Å². The summed E-state index contributed by atoms with van der Waals surface area (Å²) in [6.07, 6.45) is -0.374. The Balaban J connectivity index is 1.27. The number of ether oxygens (including phenoxy) is 2. The third kappa shape index (κ3) is 6.59. The second-order valence-electron chi connectivity index (χ2n) is 10.3. The molecular formula is C28H28ClF5N4O3. The van der Waals surface area contributed by atoms with Crippen LogP contribution in [-0.4, -0.2) is 46.7 Å². The van der Waals surface area contributed by atoms with Crippen molar-refractivity contribution in [1.29, 1.82) is 0 Å². The average molecular weight is 599 g/mol. The van der Waals surface area contributed by atoms with Gasteiger partial charge in [0.15, 0.2) is 17.4 Å². The highest BCUT2D eigenvalue weighted by molar-refractivity contribution is 6.31. The van der Waals surface area contributed by atoms with E-state index in [-0.39, 0.29) is 18.1 Å². The summed E-state index contributed by atoms with van der Waals surface area (Å²) in [5, 5.41) is -0.573. The number of hydrogen-bond acceptors (Lipinski definition) is 6. The molecule has 41 heavy (non-hydrogen) atoms. The fourth-order valence-electron chi connectivity index (χ4n) is 5.02. The normalized spacial score (nSPS) is 16.4.